The van der Waals surface area contributed by atoms with Crippen LogP contribution in [0.2, 0.25) is 5.02 Å². The lowest BCUT2D eigenvalue weighted by molar-refractivity contribution is -0.0119. The molecular weight excluding hydrogens is 320 g/mol. The summed E-state index contributed by atoms with van der Waals surface area (Å²) in [5, 5.41) is 0.603. The molecule has 0 saturated heterocycles. The van der Waals surface area contributed by atoms with E-state index >= 15 is 0 Å². The number of unbranched alkanes of at least 4 members (excludes halogenated alkanes) is 1. The molecule has 0 fully saturated rings. The first-order valence-corrected chi connectivity index (χ1v) is 9.22. The Bertz CT molecular complexity index is 434. The number of hydrogen-bond acceptors (Lipinski definition) is 4. The van der Waals surface area contributed by atoms with Gasteiger partial charge in [0.05, 0.1) is 18.3 Å². The predicted molar refractivity (Wildman–Crippen MR) is 94.0 cm³/mol. The Kier molecular flexibility index (Phi) is 9.60. The molecule has 0 N–H and O–H groups in total. The maximum Gasteiger partial charge on any atom is 0.338 e. The van der Waals surface area contributed by atoms with Crippen molar-refractivity contribution in [2.45, 2.75) is 45.8 Å². The molecule has 124 valence electrons. The fourth-order valence-corrected chi connectivity index (χ4v) is 2.90. The second-order valence-corrected chi connectivity index (χ2v) is 6.93. The van der Waals surface area contributed by atoms with Crippen molar-refractivity contribution in [1.29, 1.82) is 0 Å². The van der Waals surface area contributed by atoms with Crippen LogP contribution in [0.1, 0.15) is 44.0 Å². The van der Waals surface area contributed by atoms with Gasteiger partial charge in [-0.1, -0.05) is 24.9 Å². The molecule has 0 heterocycles. The maximum atomic E-state index is 12.2. The first kappa shape index (κ1) is 19.3. The summed E-state index contributed by atoms with van der Waals surface area (Å²) in [5.41, 5.74) is 0.512. The summed E-state index contributed by atoms with van der Waals surface area (Å²) < 4.78 is 11.2. The van der Waals surface area contributed by atoms with E-state index in [4.69, 9.17) is 21.1 Å². The van der Waals surface area contributed by atoms with Crippen LogP contribution in [0.5, 0.6) is 0 Å². The molecule has 0 aromatic heterocycles. The Morgan fingerprint density at radius 2 is 1.95 bits per heavy atom. The molecule has 22 heavy (non-hydrogen) atoms. The van der Waals surface area contributed by atoms with Gasteiger partial charge in [-0.25, -0.2) is 4.79 Å². The van der Waals surface area contributed by atoms with Gasteiger partial charge in [0.2, 0.25) is 0 Å². The van der Waals surface area contributed by atoms with E-state index in [2.05, 4.69) is 6.92 Å². The fourth-order valence-electron chi connectivity index (χ4n) is 1.68. The number of rotatable bonds is 10. The number of thioether (sulfide) groups is 1. The minimum atomic E-state index is -0.329. The molecule has 0 spiro atoms. The van der Waals surface area contributed by atoms with Gasteiger partial charge in [-0.05, 0) is 50.3 Å². The van der Waals surface area contributed by atoms with Crippen molar-refractivity contribution < 1.29 is 14.3 Å². The summed E-state index contributed by atoms with van der Waals surface area (Å²) in [6.07, 6.45) is 2.24. The molecular formula is C17H25ClO3S. The average Bonchev–Trinajstić information content (AvgIpc) is 2.49. The van der Waals surface area contributed by atoms with E-state index in [-0.39, 0.29) is 18.2 Å². The molecule has 0 saturated carbocycles. The van der Waals surface area contributed by atoms with Gasteiger partial charge in [0.1, 0.15) is 6.10 Å². The summed E-state index contributed by atoms with van der Waals surface area (Å²) in [5.74, 6) is 1.50. The zero-order valence-electron chi connectivity index (χ0n) is 13.5. The molecule has 1 rings (SSSR count). The molecule has 0 aliphatic rings. The second kappa shape index (κ2) is 10.9. The van der Waals surface area contributed by atoms with E-state index in [0.29, 0.717) is 17.2 Å². The molecule has 1 unspecified atom stereocenters. The zero-order valence-corrected chi connectivity index (χ0v) is 15.1. The molecule has 0 aliphatic heterocycles. The van der Waals surface area contributed by atoms with Crippen molar-refractivity contribution in [3.05, 3.63) is 34.9 Å². The van der Waals surface area contributed by atoms with Crippen molar-refractivity contribution >= 4 is 29.3 Å². The van der Waals surface area contributed by atoms with E-state index < -0.39 is 0 Å². The highest BCUT2D eigenvalue weighted by molar-refractivity contribution is 7.99. The van der Waals surface area contributed by atoms with Crippen molar-refractivity contribution in [2.75, 3.05) is 18.1 Å². The van der Waals surface area contributed by atoms with Crippen LogP contribution in [-0.4, -0.2) is 36.3 Å². The van der Waals surface area contributed by atoms with Crippen LogP contribution in [0.25, 0.3) is 0 Å². The summed E-state index contributed by atoms with van der Waals surface area (Å²) in [4.78, 5) is 12.2. The highest BCUT2D eigenvalue weighted by Gasteiger charge is 2.17. The van der Waals surface area contributed by atoms with Crippen LogP contribution in [0.4, 0.5) is 0 Å². The third-order valence-electron chi connectivity index (χ3n) is 2.92. The summed E-state index contributed by atoms with van der Waals surface area (Å²) >= 11 is 7.63. The lowest BCUT2D eigenvalue weighted by Crippen LogP contribution is -2.27. The van der Waals surface area contributed by atoms with Gasteiger partial charge >= 0.3 is 5.97 Å². The minimum absolute atomic E-state index is 0.123. The summed E-state index contributed by atoms with van der Waals surface area (Å²) in [6, 6.07) is 6.73. The van der Waals surface area contributed by atoms with Gasteiger partial charge in [-0.2, -0.15) is 11.8 Å². The van der Waals surface area contributed by atoms with Gasteiger partial charge in [-0.15, -0.1) is 0 Å². The van der Waals surface area contributed by atoms with Gasteiger partial charge < -0.3 is 9.47 Å². The van der Waals surface area contributed by atoms with Gasteiger partial charge in [-0.3, -0.25) is 0 Å². The largest absolute Gasteiger partial charge is 0.455 e. The lowest BCUT2D eigenvalue weighted by atomic mass is 10.2. The van der Waals surface area contributed by atoms with Crippen molar-refractivity contribution in [1.82, 2.24) is 0 Å². The number of carbonyl (C=O) groups excluding carboxylic acids is 1. The van der Waals surface area contributed by atoms with E-state index in [0.717, 1.165) is 11.5 Å². The number of benzene rings is 1. The smallest absolute Gasteiger partial charge is 0.338 e. The highest BCUT2D eigenvalue weighted by Crippen LogP contribution is 2.14. The number of halogens is 1. The highest BCUT2D eigenvalue weighted by atomic mass is 35.5. The Labute approximate surface area is 142 Å². The number of esters is 1. The van der Waals surface area contributed by atoms with E-state index in [9.17, 15) is 4.79 Å². The van der Waals surface area contributed by atoms with Gasteiger partial charge in [0.15, 0.2) is 0 Å². The predicted octanol–water partition coefficient (Wildman–Crippen LogP) is 4.82. The van der Waals surface area contributed by atoms with Gasteiger partial charge in [0.25, 0.3) is 0 Å². The average molecular weight is 345 g/mol. The molecule has 1 aromatic carbocycles. The van der Waals surface area contributed by atoms with E-state index in [1.807, 2.05) is 13.8 Å². The quantitative estimate of drug-likeness (QED) is 0.450. The van der Waals surface area contributed by atoms with Crippen molar-refractivity contribution in [3.8, 4) is 0 Å². The molecule has 0 bridgehead atoms. The standard InChI is InChI=1S/C17H25ClO3S/c1-4-5-10-22-12-16(11-20-13(2)3)21-17(19)14-6-8-15(18)9-7-14/h6-9,13,16H,4-5,10-12H2,1-3H3. The van der Waals surface area contributed by atoms with Crippen molar-refractivity contribution in [2.24, 2.45) is 0 Å². The number of hydrogen-bond donors (Lipinski definition) is 0. The van der Waals surface area contributed by atoms with Crippen LogP contribution in [0, 0.1) is 0 Å². The fraction of sp³-hybridized carbons (Fsp3) is 0.588. The Balaban J connectivity index is 2.53. The van der Waals surface area contributed by atoms with Crippen LogP contribution in [-0.2, 0) is 9.47 Å². The second-order valence-electron chi connectivity index (χ2n) is 5.34. The topological polar surface area (TPSA) is 35.5 Å². The third kappa shape index (κ3) is 8.06. The zero-order chi connectivity index (χ0) is 16.4. The molecule has 0 radical (unpaired) electrons. The Morgan fingerprint density at radius 3 is 2.55 bits per heavy atom. The minimum Gasteiger partial charge on any atom is -0.455 e. The third-order valence-corrected chi connectivity index (χ3v) is 4.35. The first-order chi connectivity index (χ1) is 10.5. The molecule has 1 atom stereocenters. The van der Waals surface area contributed by atoms with Crippen LogP contribution >= 0.6 is 23.4 Å². The maximum absolute atomic E-state index is 12.2. The van der Waals surface area contributed by atoms with Crippen molar-refractivity contribution in [3.63, 3.8) is 0 Å². The number of carbonyl (C=O) groups is 1. The van der Waals surface area contributed by atoms with Crippen LogP contribution in [0.3, 0.4) is 0 Å². The van der Waals surface area contributed by atoms with Crippen LogP contribution in [0.15, 0.2) is 24.3 Å². The normalized spacial score (nSPS) is 12.4. The molecule has 3 nitrogen and oxygen atoms in total. The Hall–Kier alpha value is -0.710. The summed E-state index contributed by atoms with van der Waals surface area (Å²) in [7, 11) is 0. The molecule has 5 heteroatoms. The van der Waals surface area contributed by atoms with Gasteiger partial charge in [0, 0.05) is 10.8 Å². The Morgan fingerprint density at radius 1 is 1.27 bits per heavy atom. The molecule has 0 aliphatic carbocycles. The van der Waals surface area contributed by atoms with E-state index in [1.54, 1.807) is 36.0 Å². The molecule has 0 amide bonds. The number of ether oxygens (including phenoxy) is 2. The first-order valence-electron chi connectivity index (χ1n) is 7.68. The lowest BCUT2D eigenvalue weighted by Gasteiger charge is -2.19. The van der Waals surface area contributed by atoms with E-state index in [1.165, 1.54) is 12.8 Å². The summed E-state index contributed by atoms with van der Waals surface area (Å²) in [6.45, 7) is 6.54. The SMILES string of the molecule is CCCCSCC(COC(C)C)OC(=O)c1ccc(Cl)cc1. The van der Waals surface area contributed by atoms with Crippen LogP contribution < -0.4 is 0 Å². The molecule has 1 aromatic rings. The monoisotopic (exact) mass is 344 g/mol.